The summed E-state index contributed by atoms with van der Waals surface area (Å²) in [6.07, 6.45) is 2.77. The highest BCUT2D eigenvalue weighted by molar-refractivity contribution is 5.75. The maximum absolute atomic E-state index is 10.8. The average Bonchev–Trinajstić information content (AvgIpc) is 2.10. The van der Waals surface area contributed by atoms with Crippen molar-refractivity contribution in [3.63, 3.8) is 0 Å². The maximum atomic E-state index is 10.8. The van der Waals surface area contributed by atoms with Crippen LogP contribution in [-0.4, -0.2) is 26.0 Å². The Kier molecular flexibility index (Phi) is 7.69. The smallest absolute Gasteiger partial charge is 0.219 e. The molecule has 0 unspecified atom stereocenters. The lowest BCUT2D eigenvalue weighted by atomic mass is 10.1. The van der Waals surface area contributed by atoms with Crippen LogP contribution in [0.3, 0.4) is 0 Å². The monoisotopic (exact) mass is 186 g/mol. The fourth-order valence-electron chi connectivity index (χ4n) is 1.01. The molecule has 0 bridgehead atoms. The molecular weight excluding hydrogens is 164 g/mol. The lowest BCUT2D eigenvalue weighted by Crippen LogP contribution is -2.22. The van der Waals surface area contributed by atoms with Gasteiger partial charge in [-0.05, 0) is 31.8 Å². The molecule has 0 spiro atoms. The minimum Gasteiger partial charge on any atom is -0.359 e. The van der Waals surface area contributed by atoms with Gasteiger partial charge >= 0.3 is 0 Å². The van der Waals surface area contributed by atoms with Crippen LogP contribution in [0.15, 0.2) is 0 Å². The Hall–Kier alpha value is -0.570. The molecule has 0 saturated carbocycles. The van der Waals surface area contributed by atoms with Gasteiger partial charge in [-0.2, -0.15) is 0 Å². The fourth-order valence-corrected chi connectivity index (χ4v) is 1.01. The Bertz CT molecular complexity index is 135. The van der Waals surface area contributed by atoms with Crippen molar-refractivity contribution in [1.29, 1.82) is 0 Å². The first-order chi connectivity index (χ1) is 6.16. The number of amides is 1. The Morgan fingerprint density at radius 2 is 2.00 bits per heavy atom. The van der Waals surface area contributed by atoms with Crippen LogP contribution in [0.25, 0.3) is 0 Å². The van der Waals surface area contributed by atoms with E-state index in [-0.39, 0.29) is 5.91 Å². The maximum Gasteiger partial charge on any atom is 0.219 e. The lowest BCUT2D eigenvalue weighted by Gasteiger charge is -2.06. The summed E-state index contributed by atoms with van der Waals surface area (Å²) in [5, 5.41) is 5.92. The van der Waals surface area contributed by atoms with Crippen LogP contribution in [-0.2, 0) is 4.79 Å². The third kappa shape index (κ3) is 9.34. The molecule has 0 radical (unpaired) electrons. The number of carbonyl (C=O) groups excluding carboxylic acids is 1. The number of nitrogens with one attached hydrogen (secondary N) is 2. The van der Waals surface area contributed by atoms with Crippen molar-refractivity contribution in [1.82, 2.24) is 10.6 Å². The van der Waals surface area contributed by atoms with E-state index < -0.39 is 0 Å². The zero-order valence-electron chi connectivity index (χ0n) is 9.02. The second-order valence-electron chi connectivity index (χ2n) is 3.71. The van der Waals surface area contributed by atoms with E-state index in [0.29, 0.717) is 6.42 Å². The standard InChI is InChI=1S/C10H22N2O/c1-9(2)6-8-12-7-4-5-10(13)11-3/h9,12H,4-8H2,1-3H3,(H,11,13). The first kappa shape index (κ1) is 12.4. The van der Waals surface area contributed by atoms with E-state index in [2.05, 4.69) is 24.5 Å². The van der Waals surface area contributed by atoms with Crippen LogP contribution in [0.1, 0.15) is 33.1 Å². The predicted molar refractivity (Wildman–Crippen MR) is 55.6 cm³/mol. The molecule has 0 aliphatic carbocycles. The summed E-state index contributed by atoms with van der Waals surface area (Å²) in [5.41, 5.74) is 0. The molecule has 0 fully saturated rings. The SMILES string of the molecule is CNC(=O)CCCNCCC(C)C. The molecule has 78 valence electrons. The highest BCUT2D eigenvalue weighted by Crippen LogP contribution is 1.96. The normalized spacial score (nSPS) is 10.5. The molecule has 0 aliphatic heterocycles. The van der Waals surface area contributed by atoms with Gasteiger partial charge in [-0.15, -0.1) is 0 Å². The van der Waals surface area contributed by atoms with Crippen LogP contribution < -0.4 is 10.6 Å². The van der Waals surface area contributed by atoms with E-state index in [9.17, 15) is 4.79 Å². The van der Waals surface area contributed by atoms with Gasteiger partial charge in [0.2, 0.25) is 5.91 Å². The molecule has 0 atom stereocenters. The quantitative estimate of drug-likeness (QED) is 0.586. The topological polar surface area (TPSA) is 41.1 Å². The molecule has 1 amide bonds. The van der Waals surface area contributed by atoms with Gasteiger partial charge in [0.1, 0.15) is 0 Å². The molecule has 0 aromatic carbocycles. The average molecular weight is 186 g/mol. The van der Waals surface area contributed by atoms with Crippen LogP contribution >= 0.6 is 0 Å². The van der Waals surface area contributed by atoms with Crippen LogP contribution in [0.2, 0.25) is 0 Å². The van der Waals surface area contributed by atoms with Crippen molar-refractivity contribution in [2.75, 3.05) is 20.1 Å². The molecule has 0 aromatic rings. The van der Waals surface area contributed by atoms with Gasteiger partial charge in [0.25, 0.3) is 0 Å². The zero-order valence-corrected chi connectivity index (χ0v) is 9.02. The summed E-state index contributed by atoms with van der Waals surface area (Å²) in [4.78, 5) is 10.8. The Labute approximate surface area is 81.3 Å². The van der Waals surface area contributed by atoms with Crippen molar-refractivity contribution in [2.45, 2.75) is 33.1 Å². The molecule has 0 aliphatic rings. The third-order valence-corrected chi connectivity index (χ3v) is 1.93. The summed E-state index contributed by atoms with van der Waals surface area (Å²) < 4.78 is 0. The van der Waals surface area contributed by atoms with E-state index in [4.69, 9.17) is 0 Å². The van der Waals surface area contributed by atoms with Crippen LogP contribution in [0.4, 0.5) is 0 Å². The molecule has 13 heavy (non-hydrogen) atoms. The number of hydrogen-bond donors (Lipinski definition) is 2. The van der Waals surface area contributed by atoms with Crippen molar-refractivity contribution in [2.24, 2.45) is 5.92 Å². The van der Waals surface area contributed by atoms with E-state index in [1.165, 1.54) is 6.42 Å². The third-order valence-electron chi connectivity index (χ3n) is 1.93. The number of hydrogen-bond acceptors (Lipinski definition) is 2. The van der Waals surface area contributed by atoms with Gasteiger partial charge < -0.3 is 10.6 Å². The highest BCUT2D eigenvalue weighted by atomic mass is 16.1. The molecule has 3 heteroatoms. The van der Waals surface area contributed by atoms with Gasteiger partial charge in [-0.25, -0.2) is 0 Å². The Morgan fingerprint density at radius 1 is 1.31 bits per heavy atom. The molecule has 3 nitrogen and oxygen atoms in total. The first-order valence-electron chi connectivity index (χ1n) is 5.08. The first-order valence-corrected chi connectivity index (χ1v) is 5.08. The summed E-state index contributed by atoms with van der Waals surface area (Å²) in [6.45, 7) is 6.43. The van der Waals surface area contributed by atoms with Crippen LogP contribution in [0, 0.1) is 5.92 Å². The second kappa shape index (κ2) is 8.05. The summed E-state index contributed by atoms with van der Waals surface area (Å²) in [5.74, 6) is 0.886. The van der Waals surface area contributed by atoms with E-state index in [0.717, 1.165) is 25.4 Å². The van der Waals surface area contributed by atoms with E-state index >= 15 is 0 Å². The van der Waals surface area contributed by atoms with E-state index in [1.807, 2.05) is 0 Å². The summed E-state index contributed by atoms with van der Waals surface area (Å²) in [6, 6.07) is 0. The predicted octanol–water partition coefficient (Wildman–Crippen LogP) is 1.15. The van der Waals surface area contributed by atoms with Crippen LogP contribution in [0.5, 0.6) is 0 Å². The van der Waals surface area contributed by atoms with Crippen molar-refractivity contribution in [3.8, 4) is 0 Å². The molecular formula is C10H22N2O. The van der Waals surface area contributed by atoms with Crippen molar-refractivity contribution in [3.05, 3.63) is 0 Å². The van der Waals surface area contributed by atoms with Gasteiger partial charge in [0.15, 0.2) is 0 Å². The zero-order chi connectivity index (χ0) is 10.1. The Morgan fingerprint density at radius 3 is 2.54 bits per heavy atom. The fraction of sp³-hybridized carbons (Fsp3) is 0.900. The molecule has 0 saturated heterocycles. The largest absolute Gasteiger partial charge is 0.359 e. The Balaban J connectivity index is 3.04. The number of carbonyl (C=O) groups is 1. The minimum atomic E-state index is 0.130. The second-order valence-corrected chi connectivity index (χ2v) is 3.71. The summed E-state index contributed by atoms with van der Waals surface area (Å²) in [7, 11) is 1.68. The highest BCUT2D eigenvalue weighted by Gasteiger charge is 1.97. The lowest BCUT2D eigenvalue weighted by molar-refractivity contribution is -0.120. The molecule has 0 rings (SSSR count). The van der Waals surface area contributed by atoms with Gasteiger partial charge in [-0.3, -0.25) is 4.79 Å². The van der Waals surface area contributed by atoms with E-state index in [1.54, 1.807) is 7.05 Å². The van der Waals surface area contributed by atoms with Gasteiger partial charge in [0.05, 0.1) is 0 Å². The molecule has 0 aromatic heterocycles. The number of rotatable bonds is 7. The minimum absolute atomic E-state index is 0.130. The van der Waals surface area contributed by atoms with Crippen molar-refractivity contribution >= 4 is 5.91 Å². The molecule has 2 N–H and O–H groups in total. The van der Waals surface area contributed by atoms with Gasteiger partial charge in [-0.1, -0.05) is 13.8 Å². The van der Waals surface area contributed by atoms with Crippen molar-refractivity contribution < 1.29 is 4.79 Å². The van der Waals surface area contributed by atoms with Gasteiger partial charge in [0, 0.05) is 13.5 Å². The molecule has 0 heterocycles. The summed E-state index contributed by atoms with van der Waals surface area (Å²) >= 11 is 0.